The van der Waals surface area contributed by atoms with Crippen molar-refractivity contribution in [2.45, 2.75) is 19.8 Å². The van der Waals surface area contributed by atoms with E-state index < -0.39 is 5.91 Å². The van der Waals surface area contributed by atoms with E-state index in [0.717, 1.165) is 0 Å². The van der Waals surface area contributed by atoms with Gasteiger partial charge in [-0.25, -0.2) is 5.48 Å². The predicted molar refractivity (Wildman–Crippen MR) is 64.2 cm³/mol. The highest BCUT2D eigenvalue weighted by molar-refractivity contribution is 5.97. The van der Waals surface area contributed by atoms with Crippen LogP contribution in [0.4, 0.5) is 5.69 Å². The van der Waals surface area contributed by atoms with Crippen molar-refractivity contribution in [1.82, 2.24) is 5.48 Å². The van der Waals surface area contributed by atoms with Crippen LogP contribution in [0.15, 0.2) is 24.3 Å². The Morgan fingerprint density at radius 1 is 1.17 bits per heavy atom. The van der Waals surface area contributed by atoms with Crippen LogP contribution in [0.25, 0.3) is 0 Å². The van der Waals surface area contributed by atoms with Gasteiger partial charge < -0.3 is 5.32 Å². The molecule has 0 aromatic heterocycles. The van der Waals surface area contributed by atoms with E-state index in [0.29, 0.717) is 11.3 Å². The topological polar surface area (TPSA) is 95.5 Å². The van der Waals surface area contributed by atoms with Crippen LogP contribution >= 0.6 is 0 Å². The van der Waals surface area contributed by atoms with E-state index in [-0.39, 0.29) is 24.5 Å². The molecule has 0 atom stereocenters. The van der Waals surface area contributed by atoms with Crippen molar-refractivity contribution >= 4 is 23.3 Å². The molecular formula is C12H14N2O4. The van der Waals surface area contributed by atoms with Gasteiger partial charge in [0.1, 0.15) is 0 Å². The van der Waals surface area contributed by atoms with Crippen LogP contribution in [-0.4, -0.2) is 22.8 Å². The fourth-order valence-corrected chi connectivity index (χ4v) is 1.32. The summed E-state index contributed by atoms with van der Waals surface area (Å²) in [7, 11) is 0. The first-order valence-electron chi connectivity index (χ1n) is 5.36. The lowest BCUT2D eigenvalue weighted by atomic mass is 10.1. The van der Waals surface area contributed by atoms with Gasteiger partial charge in [0.25, 0.3) is 0 Å². The average Bonchev–Trinajstić information content (AvgIpc) is 2.36. The molecule has 0 unspecified atom stereocenters. The van der Waals surface area contributed by atoms with Crippen molar-refractivity contribution in [2.24, 2.45) is 0 Å². The minimum absolute atomic E-state index is 0.0449. The first-order chi connectivity index (χ1) is 8.52. The number of amides is 2. The highest BCUT2D eigenvalue weighted by Gasteiger charge is 2.07. The Hall–Kier alpha value is -2.21. The molecule has 0 saturated heterocycles. The standard InChI is InChI=1S/C12H14N2O4/c1-8(15)9-3-2-4-10(7-9)13-11(16)5-6-12(17)14-18/h2-4,7,18H,5-6H2,1H3,(H,13,16)(H,14,17). The summed E-state index contributed by atoms with van der Waals surface area (Å²) in [5.74, 6) is -1.08. The van der Waals surface area contributed by atoms with E-state index >= 15 is 0 Å². The highest BCUT2D eigenvalue weighted by atomic mass is 16.5. The molecule has 1 aromatic rings. The molecule has 3 N–H and O–H groups in total. The van der Waals surface area contributed by atoms with Crippen LogP contribution in [0.2, 0.25) is 0 Å². The Labute approximate surface area is 104 Å². The molecule has 6 nitrogen and oxygen atoms in total. The van der Waals surface area contributed by atoms with Crippen molar-refractivity contribution < 1.29 is 19.6 Å². The zero-order chi connectivity index (χ0) is 13.5. The van der Waals surface area contributed by atoms with Crippen molar-refractivity contribution in [1.29, 1.82) is 0 Å². The normalized spacial score (nSPS) is 9.67. The van der Waals surface area contributed by atoms with Gasteiger partial charge in [-0.2, -0.15) is 0 Å². The summed E-state index contributed by atoms with van der Waals surface area (Å²) in [6.07, 6.45) is -0.147. The molecule has 1 aromatic carbocycles. The molecule has 0 spiro atoms. The Morgan fingerprint density at radius 2 is 1.83 bits per heavy atom. The summed E-state index contributed by atoms with van der Waals surface area (Å²) in [5, 5.41) is 10.8. The second kappa shape index (κ2) is 6.51. The molecule has 96 valence electrons. The number of carbonyl (C=O) groups excluding carboxylic acids is 3. The lowest BCUT2D eigenvalue weighted by Gasteiger charge is -2.05. The molecule has 0 radical (unpaired) electrons. The quantitative estimate of drug-likeness (QED) is 0.414. The molecule has 1 rings (SSSR count). The summed E-state index contributed by atoms with van der Waals surface area (Å²) >= 11 is 0. The Bertz CT molecular complexity index is 471. The fraction of sp³-hybridized carbons (Fsp3) is 0.250. The number of carbonyl (C=O) groups is 3. The van der Waals surface area contributed by atoms with Crippen molar-refractivity contribution in [2.75, 3.05) is 5.32 Å². The minimum Gasteiger partial charge on any atom is -0.326 e. The SMILES string of the molecule is CC(=O)c1cccc(NC(=O)CCC(=O)NO)c1. The number of hydroxylamine groups is 1. The zero-order valence-electron chi connectivity index (χ0n) is 9.90. The van der Waals surface area contributed by atoms with E-state index in [9.17, 15) is 14.4 Å². The Kier molecular flexibility index (Phi) is 5.01. The van der Waals surface area contributed by atoms with Crippen LogP contribution in [0, 0.1) is 0 Å². The number of anilines is 1. The summed E-state index contributed by atoms with van der Waals surface area (Å²) in [5.41, 5.74) is 2.44. The molecule has 0 aliphatic rings. The summed E-state index contributed by atoms with van der Waals surface area (Å²) < 4.78 is 0. The highest BCUT2D eigenvalue weighted by Crippen LogP contribution is 2.11. The Balaban J connectivity index is 2.56. The van der Waals surface area contributed by atoms with Crippen molar-refractivity contribution in [3.8, 4) is 0 Å². The predicted octanol–water partition coefficient (Wildman–Crippen LogP) is 1.11. The van der Waals surface area contributed by atoms with Gasteiger partial charge in [-0.3, -0.25) is 19.6 Å². The molecular weight excluding hydrogens is 236 g/mol. The van der Waals surface area contributed by atoms with Crippen LogP contribution in [0.5, 0.6) is 0 Å². The molecule has 0 heterocycles. The number of benzene rings is 1. The third-order valence-corrected chi connectivity index (χ3v) is 2.26. The zero-order valence-corrected chi connectivity index (χ0v) is 9.90. The van der Waals surface area contributed by atoms with Crippen LogP contribution in [0.3, 0.4) is 0 Å². The summed E-state index contributed by atoms with van der Waals surface area (Å²) in [4.78, 5) is 33.3. The number of rotatable bonds is 5. The molecule has 18 heavy (non-hydrogen) atoms. The van der Waals surface area contributed by atoms with E-state index in [2.05, 4.69) is 5.32 Å². The molecule has 0 bridgehead atoms. The third kappa shape index (κ3) is 4.34. The molecule has 0 aliphatic heterocycles. The van der Waals surface area contributed by atoms with E-state index in [1.807, 2.05) is 0 Å². The van der Waals surface area contributed by atoms with Gasteiger partial charge in [0.15, 0.2) is 5.78 Å². The molecule has 0 fully saturated rings. The van der Waals surface area contributed by atoms with E-state index in [1.54, 1.807) is 24.3 Å². The number of hydrogen-bond donors (Lipinski definition) is 3. The first-order valence-corrected chi connectivity index (χ1v) is 5.36. The maximum atomic E-state index is 11.5. The van der Waals surface area contributed by atoms with E-state index in [1.165, 1.54) is 12.4 Å². The van der Waals surface area contributed by atoms with Gasteiger partial charge in [0.05, 0.1) is 0 Å². The summed E-state index contributed by atoms with van der Waals surface area (Å²) in [6, 6.07) is 6.52. The lowest BCUT2D eigenvalue weighted by molar-refractivity contribution is -0.131. The minimum atomic E-state index is -0.623. The van der Waals surface area contributed by atoms with Gasteiger partial charge in [-0.1, -0.05) is 12.1 Å². The van der Waals surface area contributed by atoms with Crippen LogP contribution < -0.4 is 10.8 Å². The fourth-order valence-electron chi connectivity index (χ4n) is 1.32. The van der Waals surface area contributed by atoms with Gasteiger partial charge in [-0.15, -0.1) is 0 Å². The molecule has 6 heteroatoms. The van der Waals surface area contributed by atoms with Crippen LogP contribution in [-0.2, 0) is 9.59 Å². The van der Waals surface area contributed by atoms with Gasteiger partial charge in [-0.05, 0) is 19.1 Å². The number of nitrogens with one attached hydrogen (secondary N) is 2. The van der Waals surface area contributed by atoms with Gasteiger partial charge in [0, 0.05) is 24.1 Å². The lowest BCUT2D eigenvalue weighted by Crippen LogP contribution is -2.21. The Morgan fingerprint density at radius 3 is 2.44 bits per heavy atom. The maximum Gasteiger partial charge on any atom is 0.243 e. The number of ketones is 1. The molecule has 2 amide bonds. The number of Topliss-reactive ketones (excluding diaryl/α,β-unsaturated/α-hetero) is 1. The summed E-state index contributed by atoms with van der Waals surface area (Å²) in [6.45, 7) is 1.44. The molecule has 0 saturated carbocycles. The second-order valence-corrected chi connectivity index (χ2v) is 3.72. The van der Waals surface area contributed by atoms with Crippen molar-refractivity contribution in [3.63, 3.8) is 0 Å². The monoisotopic (exact) mass is 250 g/mol. The second-order valence-electron chi connectivity index (χ2n) is 3.72. The molecule has 0 aliphatic carbocycles. The first kappa shape index (κ1) is 13.9. The van der Waals surface area contributed by atoms with Gasteiger partial charge >= 0.3 is 0 Å². The van der Waals surface area contributed by atoms with Crippen LogP contribution in [0.1, 0.15) is 30.1 Å². The van der Waals surface area contributed by atoms with Gasteiger partial charge in [0.2, 0.25) is 11.8 Å². The smallest absolute Gasteiger partial charge is 0.243 e. The number of hydrogen-bond acceptors (Lipinski definition) is 4. The third-order valence-electron chi connectivity index (χ3n) is 2.26. The maximum absolute atomic E-state index is 11.5. The van der Waals surface area contributed by atoms with E-state index in [4.69, 9.17) is 5.21 Å². The van der Waals surface area contributed by atoms with Crippen molar-refractivity contribution in [3.05, 3.63) is 29.8 Å². The largest absolute Gasteiger partial charge is 0.326 e. The average molecular weight is 250 g/mol.